The Bertz CT molecular complexity index is 810. The van der Waals surface area contributed by atoms with E-state index in [-0.39, 0.29) is 30.0 Å². The molecule has 0 heterocycles. The molecule has 28 heavy (non-hydrogen) atoms. The molecule has 1 saturated carbocycles. The fraction of sp³-hybridized carbons (Fsp3) is 0.474. The van der Waals surface area contributed by atoms with Crippen molar-refractivity contribution in [3.05, 3.63) is 22.7 Å². The summed E-state index contributed by atoms with van der Waals surface area (Å²) in [5.74, 6) is -0.821. The van der Waals surface area contributed by atoms with Crippen LogP contribution in [0.3, 0.4) is 0 Å². The lowest BCUT2D eigenvalue weighted by Crippen LogP contribution is -2.59. The Morgan fingerprint density at radius 1 is 1.43 bits per heavy atom. The summed E-state index contributed by atoms with van der Waals surface area (Å²) in [7, 11) is 0. The van der Waals surface area contributed by atoms with Crippen LogP contribution in [0.2, 0.25) is 5.02 Å². The zero-order valence-electron chi connectivity index (χ0n) is 15.3. The normalized spacial score (nSPS) is 22.2. The van der Waals surface area contributed by atoms with Gasteiger partial charge in [0, 0.05) is 5.69 Å². The Hall–Kier alpha value is -2.40. The molecule has 5 nitrogen and oxygen atoms in total. The number of hydrogen-bond acceptors (Lipinski definition) is 3. The minimum atomic E-state index is -4.95. The van der Waals surface area contributed by atoms with E-state index in [4.69, 9.17) is 18.0 Å². The third kappa shape index (κ3) is 4.36. The zero-order chi connectivity index (χ0) is 21.3. The summed E-state index contributed by atoms with van der Waals surface area (Å²) in [4.78, 5) is 25.7. The van der Waals surface area contributed by atoms with Crippen molar-refractivity contribution < 1.29 is 32.6 Å². The highest BCUT2D eigenvalue weighted by Crippen LogP contribution is 2.43. The number of benzene rings is 1. The molecule has 0 aliphatic heterocycles. The van der Waals surface area contributed by atoms with Crippen LogP contribution in [-0.2, 0) is 9.59 Å². The van der Waals surface area contributed by atoms with Gasteiger partial charge in [-0.1, -0.05) is 31.4 Å². The fourth-order valence-corrected chi connectivity index (χ4v) is 4.03. The molecule has 1 aliphatic carbocycles. The summed E-state index contributed by atoms with van der Waals surface area (Å²) in [5.41, 5.74) is -1.61. The van der Waals surface area contributed by atoms with E-state index < -0.39 is 34.5 Å². The Morgan fingerprint density at radius 3 is 2.54 bits per heavy atom. The standard InChI is InChI=1S/C19H19ClF3NO4/c1-4-15(25)24(18(17(26)27)7-5-6-11(2)10-18)13-8-12(3)16(14(20)9-13)28-19(21,22)23/h1,8-9,11H,5-7,10H2,2-3H3,(H,26,27). The predicted octanol–water partition coefficient (Wildman–Crippen LogP) is 4.55. The van der Waals surface area contributed by atoms with Crippen LogP contribution in [0.15, 0.2) is 12.1 Å². The number of amides is 1. The molecular weight excluding hydrogens is 399 g/mol. The molecule has 2 rings (SSSR count). The molecule has 2 atom stereocenters. The Labute approximate surface area is 165 Å². The number of alkyl halides is 3. The highest BCUT2D eigenvalue weighted by Gasteiger charge is 2.49. The third-order valence-electron chi connectivity index (χ3n) is 4.82. The van der Waals surface area contributed by atoms with Crippen molar-refractivity contribution in [2.24, 2.45) is 5.92 Å². The van der Waals surface area contributed by atoms with Crippen LogP contribution in [0.1, 0.15) is 38.2 Å². The topological polar surface area (TPSA) is 66.8 Å². The van der Waals surface area contributed by atoms with Gasteiger partial charge in [0.05, 0.1) is 5.02 Å². The lowest BCUT2D eigenvalue weighted by atomic mass is 9.75. The van der Waals surface area contributed by atoms with Gasteiger partial charge in [0.1, 0.15) is 5.54 Å². The first kappa shape index (κ1) is 21.9. The van der Waals surface area contributed by atoms with Crippen molar-refractivity contribution in [2.75, 3.05) is 4.90 Å². The van der Waals surface area contributed by atoms with E-state index >= 15 is 0 Å². The molecule has 1 amide bonds. The Balaban J connectivity index is 2.62. The van der Waals surface area contributed by atoms with Gasteiger partial charge in [0.2, 0.25) is 0 Å². The first-order valence-corrected chi connectivity index (χ1v) is 8.89. The van der Waals surface area contributed by atoms with Gasteiger partial charge in [-0.15, -0.1) is 19.6 Å². The molecule has 0 bridgehead atoms. The number of aliphatic carboxylic acids is 1. The minimum Gasteiger partial charge on any atom is -0.479 e. The quantitative estimate of drug-likeness (QED) is 0.730. The van der Waals surface area contributed by atoms with Gasteiger partial charge < -0.3 is 9.84 Å². The number of aryl methyl sites for hydroxylation is 1. The number of carboxylic acid groups (broad SMARTS) is 1. The van der Waals surface area contributed by atoms with E-state index in [2.05, 4.69) is 4.74 Å². The molecule has 1 fully saturated rings. The first-order chi connectivity index (χ1) is 12.9. The van der Waals surface area contributed by atoms with Gasteiger partial charge in [-0.3, -0.25) is 9.69 Å². The number of ether oxygens (including phenoxy) is 1. The van der Waals surface area contributed by atoms with E-state index in [1.165, 1.54) is 13.0 Å². The van der Waals surface area contributed by atoms with E-state index in [0.717, 1.165) is 17.4 Å². The van der Waals surface area contributed by atoms with Gasteiger partial charge in [-0.05, 0) is 49.3 Å². The van der Waals surface area contributed by atoms with Gasteiger partial charge in [0.25, 0.3) is 0 Å². The van der Waals surface area contributed by atoms with Crippen LogP contribution in [0.4, 0.5) is 18.9 Å². The number of halogens is 4. The van der Waals surface area contributed by atoms with Gasteiger partial charge >= 0.3 is 18.2 Å². The van der Waals surface area contributed by atoms with Crippen LogP contribution in [-0.4, -0.2) is 28.9 Å². The zero-order valence-corrected chi connectivity index (χ0v) is 16.0. The van der Waals surface area contributed by atoms with E-state index in [1.54, 1.807) is 0 Å². The second-order valence-electron chi connectivity index (χ2n) is 6.94. The predicted molar refractivity (Wildman–Crippen MR) is 97.2 cm³/mol. The summed E-state index contributed by atoms with van der Waals surface area (Å²) < 4.78 is 41.7. The molecule has 1 aromatic rings. The van der Waals surface area contributed by atoms with Gasteiger partial charge in [-0.2, -0.15) is 0 Å². The van der Waals surface area contributed by atoms with Crippen molar-refractivity contribution >= 4 is 29.2 Å². The van der Waals surface area contributed by atoms with Crippen molar-refractivity contribution in [3.8, 4) is 18.1 Å². The van der Waals surface area contributed by atoms with Crippen LogP contribution in [0, 0.1) is 25.2 Å². The first-order valence-electron chi connectivity index (χ1n) is 8.51. The molecule has 2 unspecified atom stereocenters. The molecule has 9 heteroatoms. The van der Waals surface area contributed by atoms with Crippen LogP contribution < -0.4 is 9.64 Å². The molecular formula is C19H19ClF3NO4. The lowest BCUT2D eigenvalue weighted by molar-refractivity contribution is -0.274. The lowest BCUT2D eigenvalue weighted by Gasteiger charge is -2.44. The number of anilines is 1. The molecule has 1 aliphatic rings. The number of carbonyl (C=O) groups excluding carboxylic acids is 1. The third-order valence-corrected chi connectivity index (χ3v) is 5.10. The summed E-state index contributed by atoms with van der Waals surface area (Å²) in [6.07, 6.45) is 1.99. The highest BCUT2D eigenvalue weighted by atomic mass is 35.5. The van der Waals surface area contributed by atoms with Gasteiger partial charge in [-0.25, -0.2) is 4.79 Å². The Kier molecular flexibility index (Phi) is 6.19. The average Bonchev–Trinajstić information content (AvgIpc) is 2.57. The SMILES string of the molecule is C#CC(=O)N(c1cc(C)c(OC(F)(F)F)c(Cl)c1)C1(C(=O)O)CCCC(C)C1. The maximum Gasteiger partial charge on any atom is 0.573 e. The van der Waals surface area contributed by atoms with E-state index in [0.29, 0.717) is 6.42 Å². The molecule has 1 N–H and O–H groups in total. The summed E-state index contributed by atoms with van der Waals surface area (Å²) in [6.45, 7) is 3.18. The van der Waals surface area contributed by atoms with Crippen LogP contribution in [0.25, 0.3) is 0 Å². The average molecular weight is 418 g/mol. The Morgan fingerprint density at radius 2 is 2.07 bits per heavy atom. The van der Waals surface area contributed by atoms with Gasteiger partial charge in [0.15, 0.2) is 5.75 Å². The van der Waals surface area contributed by atoms with Crippen LogP contribution in [0.5, 0.6) is 5.75 Å². The largest absolute Gasteiger partial charge is 0.573 e. The molecule has 1 aromatic carbocycles. The molecule has 152 valence electrons. The van der Waals surface area contributed by atoms with E-state index in [9.17, 15) is 27.9 Å². The second-order valence-corrected chi connectivity index (χ2v) is 7.35. The summed E-state index contributed by atoms with van der Waals surface area (Å²) >= 11 is 5.96. The number of carboxylic acids is 1. The molecule has 0 aromatic heterocycles. The van der Waals surface area contributed by atoms with Crippen molar-refractivity contribution in [1.29, 1.82) is 0 Å². The number of terminal acetylenes is 1. The smallest absolute Gasteiger partial charge is 0.479 e. The monoisotopic (exact) mass is 417 g/mol. The van der Waals surface area contributed by atoms with E-state index in [1.807, 2.05) is 12.8 Å². The fourth-order valence-electron chi connectivity index (χ4n) is 3.73. The summed E-state index contributed by atoms with van der Waals surface area (Å²) in [5, 5.41) is 9.55. The van der Waals surface area contributed by atoms with Crippen molar-refractivity contribution in [2.45, 2.75) is 51.4 Å². The van der Waals surface area contributed by atoms with Crippen LogP contribution >= 0.6 is 11.6 Å². The number of carbonyl (C=O) groups is 2. The maximum atomic E-state index is 12.6. The molecule has 0 spiro atoms. The molecule has 0 saturated heterocycles. The molecule has 0 radical (unpaired) electrons. The number of rotatable bonds is 4. The van der Waals surface area contributed by atoms with Crippen molar-refractivity contribution in [1.82, 2.24) is 0 Å². The highest BCUT2D eigenvalue weighted by molar-refractivity contribution is 6.32. The number of nitrogens with zero attached hydrogens (tertiary/aromatic N) is 1. The minimum absolute atomic E-state index is 0.0106. The number of hydrogen-bond donors (Lipinski definition) is 1. The maximum absolute atomic E-state index is 12.6. The van der Waals surface area contributed by atoms with Crippen molar-refractivity contribution in [3.63, 3.8) is 0 Å². The second kappa shape index (κ2) is 7.92. The summed E-state index contributed by atoms with van der Waals surface area (Å²) in [6, 6.07) is 2.28.